The van der Waals surface area contributed by atoms with Gasteiger partial charge in [-0.1, -0.05) is 6.07 Å². The third kappa shape index (κ3) is 3.44. The average Bonchev–Trinajstić information content (AvgIpc) is 2.37. The van der Waals surface area contributed by atoms with Gasteiger partial charge in [-0.3, -0.25) is 0 Å². The molecule has 102 valence electrons. The lowest BCUT2D eigenvalue weighted by Crippen LogP contribution is -2.27. The molecule has 1 aromatic carbocycles. The molecule has 0 saturated heterocycles. The van der Waals surface area contributed by atoms with Crippen molar-refractivity contribution in [2.45, 2.75) is 25.1 Å². The summed E-state index contributed by atoms with van der Waals surface area (Å²) in [6.45, 7) is 4.01. The normalized spacial score (nSPS) is 15.8. The number of benzene rings is 1. The highest BCUT2D eigenvalue weighted by atomic mass is 32.2. The summed E-state index contributed by atoms with van der Waals surface area (Å²) in [6, 6.07) is 4.74. The summed E-state index contributed by atoms with van der Waals surface area (Å²) >= 11 is -1.96. The summed E-state index contributed by atoms with van der Waals surface area (Å²) in [4.78, 5) is 0. The van der Waals surface area contributed by atoms with E-state index < -0.39 is 22.4 Å². The molecule has 0 aliphatic carbocycles. The van der Waals surface area contributed by atoms with E-state index in [0.717, 1.165) is 5.56 Å². The van der Waals surface area contributed by atoms with E-state index in [1.807, 2.05) is 6.92 Å². The Kier molecular flexibility index (Phi) is 5.58. The van der Waals surface area contributed by atoms with Crippen LogP contribution in [0.3, 0.4) is 0 Å². The molecule has 3 atom stereocenters. The molecule has 0 spiro atoms. The van der Waals surface area contributed by atoms with Crippen molar-refractivity contribution in [2.24, 2.45) is 5.73 Å². The van der Waals surface area contributed by atoms with Crippen LogP contribution < -0.4 is 15.2 Å². The van der Waals surface area contributed by atoms with Gasteiger partial charge in [0.15, 0.2) is 22.6 Å². The van der Waals surface area contributed by atoms with Gasteiger partial charge in [0, 0.05) is 6.04 Å². The molecule has 1 rings (SSSR count). The molecule has 0 aliphatic heterocycles. The molecule has 0 aromatic heterocycles. The largest absolute Gasteiger partial charge is 0.493 e. The molecule has 0 radical (unpaired) electrons. The number of nitrogens with two attached hydrogens (primary N) is 1. The molecule has 3 N–H and O–H groups in total. The summed E-state index contributed by atoms with van der Waals surface area (Å²) in [5.74, 6) is 1.20. The molecule has 0 heterocycles. The van der Waals surface area contributed by atoms with Crippen molar-refractivity contribution in [2.75, 3.05) is 13.7 Å². The van der Waals surface area contributed by atoms with Gasteiger partial charge in [0.05, 0.1) is 19.0 Å². The van der Waals surface area contributed by atoms with Crippen LogP contribution in [0, 0.1) is 0 Å². The van der Waals surface area contributed by atoms with Crippen molar-refractivity contribution in [3.05, 3.63) is 23.8 Å². The van der Waals surface area contributed by atoms with Gasteiger partial charge in [-0.15, -0.1) is 0 Å². The van der Waals surface area contributed by atoms with Crippen molar-refractivity contribution in [1.29, 1.82) is 0 Å². The van der Waals surface area contributed by atoms with Crippen molar-refractivity contribution in [3.63, 3.8) is 0 Å². The fraction of sp³-hybridized carbons (Fsp3) is 0.500. The molecule has 0 amide bonds. The first-order valence-corrected chi connectivity index (χ1v) is 6.84. The lowest BCUT2D eigenvalue weighted by Gasteiger charge is -2.18. The quantitative estimate of drug-likeness (QED) is 0.771. The van der Waals surface area contributed by atoms with Crippen LogP contribution in [0.15, 0.2) is 18.2 Å². The molecule has 18 heavy (non-hydrogen) atoms. The highest BCUT2D eigenvalue weighted by molar-refractivity contribution is 7.79. The maximum atomic E-state index is 11.0. The number of hydrogen-bond acceptors (Lipinski definition) is 4. The Morgan fingerprint density at radius 2 is 2.11 bits per heavy atom. The van der Waals surface area contributed by atoms with Gasteiger partial charge in [-0.2, -0.15) is 0 Å². The first kappa shape index (κ1) is 14.9. The van der Waals surface area contributed by atoms with Gasteiger partial charge in [0.2, 0.25) is 0 Å². The second kappa shape index (κ2) is 6.72. The van der Waals surface area contributed by atoms with Crippen LogP contribution in [-0.4, -0.2) is 27.7 Å². The zero-order valence-corrected chi connectivity index (χ0v) is 11.6. The van der Waals surface area contributed by atoms with E-state index in [4.69, 9.17) is 19.8 Å². The van der Waals surface area contributed by atoms with Crippen molar-refractivity contribution < 1.29 is 18.2 Å². The second-order valence-corrected chi connectivity index (χ2v) is 5.15. The van der Waals surface area contributed by atoms with Gasteiger partial charge in [-0.05, 0) is 31.5 Å². The van der Waals surface area contributed by atoms with Gasteiger partial charge >= 0.3 is 0 Å². The third-order valence-electron chi connectivity index (χ3n) is 2.70. The molecule has 1 aromatic rings. The van der Waals surface area contributed by atoms with Gasteiger partial charge in [0.25, 0.3) is 0 Å². The highest BCUT2D eigenvalue weighted by Gasteiger charge is 2.21. The Labute approximate surface area is 110 Å². The van der Waals surface area contributed by atoms with Crippen LogP contribution in [0.5, 0.6) is 11.5 Å². The first-order chi connectivity index (χ1) is 8.51. The standard InChI is InChI=1S/C12H19NO4S/c1-4-17-11-7-9(5-6-10(11)16-3)12(13)8(2)18(14)15/h5-8,12H,4,13H2,1-3H3,(H,14,15)/t8?,12-/m1/s1. The van der Waals surface area contributed by atoms with Crippen LogP contribution in [-0.2, 0) is 11.1 Å². The van der Waals surface area contributed by atoms with E-state index in [2.05, 4.69) is 0 Å². The molecule has 0 fully saturated rings. The number of rotatable bonds is 6. The Morgan fingerprint density at radius 1 is 1.44 bits per heavy atom. The Hall–Kier alpha value is -1.11. The summed E-state index contributed by atoms with van der Waals surface area (Å²) in [5.41, 5.74) is 6.69. The minimum absolute atomic E-state index is 0.510. The van der Waals surface area contributed by atoms with E-state index >= 15 is 0 Å². The summed E-state index contributed by atoms with van der Waals surface area (Å²) in [6.07, 6.45) is 0. The predicted molar refractivity (Wildman–Crippen MR) is 71.3 cm³/mol. The highest BCUT2D eigenvalue weighted by Crippen LogP contribution is 2.31. The van der Waals surface area contributed by atoms with E-state index in [1.54, 1.807) is 32.2 Å². The van der Waals surface area contributed by atoms with Crippen molar-refractivity contribution >= 4 is 11.1 Å². The number of ether oxygens (including phenoxy) is 2. The monoisotopic (exact) mass is 273 g/mol. The fourth-order valence-corrected chi connectivity index (χ4v) is 1.97. The molecule has 0 bridgehead atoms. The molecular weight excluding hydrogens is 254 g/mol. The maximum Gasteiger partial charge on any atom is 0.161 e. The van der Waals surface area contributed by atoms with Gasteiger partial charge < -0.3 is 19.8 Å². The number of hydrogen-bond donors (Lipinski definition) is 2. The molecule has 6 heteroatoms. The van der Waals surface area contributed by atoms with Crippen LogP contribution >= 0.6 is 0 Å². The number of methoxy groups -OCH3 is 1. The van der Waals surface area contributed by atoms with E-state index in [-0.39, 0.29) is 0 Å². The van der Waals surface area contributed by atoms with Crippen LogP contribution in [0.25, 0.3) is 0 Å². The molecule has 0 saturated carbocycles. The third-order valence-corrected chi connectivity index (χ3v) is 3.63. The van der Waals surface area contributed by atoms with Crippen molar-refractivity contribution in [3.8, 4) is 11.5 Å². The molecule has 2 unspecified atom stereocenters. The maximum absolute atomic E-state index is 11.0. The Bertz CT molecular complexity index is 425. The van der Waals surface area contributed by atoms with E-state index in [1.165, 1.54) is 0 Å². The summed E-state index contributed by atoms with van der Waals surface area (Å²) in [7, 11) is 1.56. The average molecular weight is 273 g/mol. The zero-order valence-electron chi connectivity index (χ0n) is 10.8. The SMILES string of the molecule is CCOc1cc([C@H](N)C(C)S(=O)O)ccc1OC. The lowest BCUT2D eigenvalue weighted by molar-refractivity contribution is 0.310. The van der Waals surface area contributed by atoms with E-state index in [0.29, 0.717) is 18.1 Å². The molecule has 5 nitrogen and oxygen atoms in total. The molecule has 0 aliphatic rings. The lowest BCUT2D eigenvalue weighted by atomic mass is 10.0. The summed E-state index contributed by atoms with van der Waals surface area (Å²) in [5, 5.41) is -0.548. The first-order valence-electron chi connectivity index (χ1n) is 5.67. The van der Waals surface area contributed by atoms with Crippen molar-refractivity contribution in [1.82, 2.24) is 0 Å². The van der Waals surface area contributed by atoms with Gasteiger partial charge in [-0.25, -0.2) is 4.21 Å². The smallest absolute Gasteiger partial charge is 0.161 e. The minimum Gasteiger partial charge on any atom is -0.493 e. The fourth-order valence-electron chi connectivity index (χ4n) is 1.57. The topological polar surface area (TPSA) is 81.8 Å². The van der Waals surface area contributed by atoms with Crippen LogP contribution in [0.4, 0.5) is 0 Å². The Morgan fingerprint density at radius 3 is 2.61 bits per heavy atom. The second-order valence-electron chi connectivity index (χ2n) is 3.85. The Balaban J connectivity index is 3.03. The summed E-state index contributed by atoms with van der Waals surface area (Å²) < 4.78 is 30.7. The zero-order chi connectivity index (χ0) is 13.7. The predicted octanol–water partition coefficient (Wildman–Crippen LogP) is 1.70. The molecular formula is C12H19NO4S. The van der Waals surface area contributed by atoms with E-state index in [9.17, 15) is 4.21 Å². The van der Waals surface area contributed by atoms with Crippen LogP contribution in [0.2, 0.25) is 0 Å². The van der Waals surface area contributed by atoms with Gasteiger partial charge in [0.1, 0.15) is 0 Å². The minimum atomic E-state index is -1.96. The van der Waals surface area contributed by atoms with Crippen LogP contribution in [0.1, 0.15) is 25.5 Å².